The number of Topliss-reactive ketones (excluding diaryl/α,β-unsaturated/α-hetero) is 2. The number of hydrogen-bond acceptors (Lipinski definition) is 6. The second-order valence-corrected chi connectivity index (χ2v) is 8.07. The van der Waals surface area contributed by atoms with E-state index in [1.807, 2.05) is 36.4 Å². The maximum Gasteiger partial charge on any atom is 0.293 e. The fourth-order valence-corrected chi connectivity index (χ4v) is 5.36. The largest absolute Gasteiger partial charge is 0.448 e. The number of ketones is 2. The number of aliphatic hydroxyl groups is 1. The molecule has 0 bridgehead atoms. The van der Waals surface area contributed by atoms with Gasteiger partial charge in [-0.2, -0.15) is 0 Å². The van der Waals surface area contributed by atoms with Gasteiger partial charge < -0.3 is 19.3 Å². The van der Waals surface area contributed by atoms with Gasteiger partial charge in [-0.1, -0.05) is 24.3 Å². The Labute approximate surface area is 155 Å². The van der Waals surface area contributed by atoms with Crippen molar-refractivity contribution in [1.82, 2.24) is 0 Å². The molecule has 4 aliphatic rings. The normalized spacial score (nSPS) is 38.0. The Bertz CT molecular complexity index is 988. The van der Waals surface area contributed by atoms with E-state index >= 15 is 0 Å². The third-order valence-corrected chi connectivity index (χ3v) is 6.78. The summed E-state index contributed by atoms with van der Waals surface area (Å²) in [5, 5.41) is 12.4. The summed E-state index contributed by atoms with van der Waals surface area (Å²) in [5.74, 6) is -1.51. The minimum absolute atomic E-state index is 0.133. The predicted octanol–water partition coefficient (Wildman–Crippen LogP) is 2.00. The minimum atomic E-state index is -1.46. The lowest BCUT2D eigenvalue weighted by Gasteiger charge is -2.54. The Morgan fingerprint density at radius 2 is 1.74 bits per heavy atom. The average molecular weight is 366 g/mol. The molecule has 2 aliphatic carbocycles. The van der Waals surface area contributed by atoms with E-state index in [-0.39, 0.29) is 24.4 Å². The van der Waals surface area contributed by atoms with Gasteiger partial charge in [0, 0.05) is 6.42 Å². The highest BCUT2D eigenvalue weighted by molar-refractivity contribution is 6.01. The van der Waals surface area contributed by atoms with E-state index < -0.39 is 35.4 Å². The number of carbonyl (C=O) groups excluding carboxylic acids is 2. The first-order valence-electron chi connectivity index (χ1n) is 9.28. The third kappa shape index (κ3) is 1.65. The van der Waals surface area contributed by atoms with Gasteiger partial charge in [0.15, 0.2) is 18.0 Å². The van der Waals surface area contributed by atoms with Crippen LogP contribution in [0.3, 0.4) is 0 Å². The van der Waals surface area contributed by atoms with Crippen molar-refractivity contribution in [3.8, 4) is 11.5 Å². The molecule has 2 aliphatic heterocycles. The summed E-state index contributed by atoms with van der Waals surface area (Å²) in [6, 6.07) is 11.4. The van der Waals surface area contributed by atoms with Crippen LogP contribution in [0.4, 0.5) is 0 Å². The number of ether oxygens (including phenoxy) is 3. The van der Waals surface area contributed by atoms with Crippen molar-refractivity contribution in [3.63, 3.8) is 0 Å². The van der Waals surface area contributed by atoms with Crippen LogP contribution in [-0.2, 0) is 14.3 Å². The van der Waals surface area contributed by atoms with Gasteiger partial charge in [0.25, 0.3) is 5.79 Å². The Morgan fingerprint density at radius 3 is 2.41 bits per heavy atom. The van der Waals surface area contributed by atoms with E-state index in [1.165, 1.54) is 0 Å². The number of hydrogen-bond donors (Lipinski definition) is 1. The van der Waals surface area contributed by atoms with Crippen LogP contribution in [0.15, 0.2) is 36.4 Å². The highest BCUT2D eigenvalue weighted by Gasteiger charge is 2.81. The van der Waals surface area contributed by atoms with Crippen LogP contribution >= 0.6 is 0 Å². The molecule has 2 heterocycles. The highest BCUT2D eigenvalue weighted by atomic mass is 16.8. The van der Waals surface area contributed by atoms with Crippen molar-refractivity contribution in [1.29, 1.82) is 0 Å². The van der Waals surface area contributed by atoms with Crippen LogP contribution in [0.2, 0.25) is 0 Å². The average Bonchev–Trinajstić information content (AvgIpc) is 3.46. The standard InChI is InChI=1S/C21H18O6/c1-20-14(23)9-8-11(22)16(20)17(24)18-19(25-18)21(20)26-12-6-2-4-10-5-3-7-13(27-21)15(10)12/h2-7,11,16,18-19,22H,8-9H2,1H3/t11-,16?,18?,19+,20+/m0/s1. The fraction of sp³-hybridized carbons (Fsp3) is 0.429. The summed E-state index contributed by atoms with van der Waals surface area (Å²) in [7, 11) is 0. The number of carbonyl (C=O) groups is 2. The molecule has 1 N–H and O–H groups in total. The van der Waals surface area contributed by atoms with Crippen LogP contribution in [0, 0.1) is 11.3 Å². The van der Waals surface area contributed by atoms with Crippen LogP contribution < -0.4 is 9.47 Å². The number of benzene rings is 2. The molecule has 3 fully saturated rings. The van der Waals surface area contributed by atoms with Crippen molar-refractivity contribution in [2.45, 2.75) is 43.9 Å². The van der Waals surface area contributed by atoms with Gasteiger partial charge in [-0.25, -0.2) is 0 Å². The Kier molecular flexibility index (Phi) is 2.71. The summed E-state index contributed by atoms with van der Waals surface area (Å²) in [6.45, 7) is 1.69. The van der Waals surface area contributed by atoms with E-state index in [1.54, 1.807) is 6.92 Å². The van der Waals surface area contributed by atoms with Crippen molar-refractivity contribution in [3.05, 3.63) is 36.4 Å². The first-order valence-corrected chi connectivity index (χ1v) is 9.28. The Hall–Kier alpha value is -2.44. The molecule has 2 aromatic carbocycles. The van der Waals surface area contributed by atoms with Crippen LogP contribution in [-0.4, -0.2) is 40.8 Å². The monoisotopic (exact) mass is 366 g/mol. The molecule has 6 rings (SSSR count). The number of aliphatic hydroxyl groups excluding tert-OH is 1. The first-order chi connectivity index (χ1) is 13.0. The first kappa shape index (κ1) is 15.6. The molecule has 5 atom stereocenters. The zero-order valence-electron chi connectivity index (χ0n) is 14.7. The molecule has 6 heteroatoms. The number of fused-ring (bicyclic) bond motifs is 4. The molecule has 1 saturated heterocycles. The lowest BCUT2D eigenvalue weighted by atomic mass is 9.55. The van der Waals surface area contributed by atoms with Gasteiger partial charge in [-0.15, -0.1) is 0 Å². The van der Waals surface area contributed by atoms with Crippen molar-refractivity contribution < 1.29 is 28.9 Å². The molecule has 27 heavy (non-hydrogen) atoms. The lowest BCUT2D eigenvalue weighted by molar-refractivity contribution is -0.243. The quantitative estimate of drug-likeness (QED) is 0.718. The van der Waals surface area contributed by atoms with E-state index in [9.17, 15) is 14.7 Å². The summed E-state index contributed by atoms with van der Waals surface area (Å²) in [6.07, 6.45) is -1.83. The molecule has 2 aromatic rings. The van der Waals surface area contributed by atoms with E-state index in [4.69, 9.17) is 14.2 Å². The van der Waals surface area contributed by atoms with E-state index in [2.05, 4.69) is 0 Å². The van der Waals surface area contributed by atoms with Crippen LogP contribution in [0.5, 0.6) is 11.5 Å². The van der Waals surface area contributed by atoms with E-state index in [0.29, 0.717) is 11.5 Å². The zero-order valence-corrected chi connectivity index (χ0v) is 14.7. The summed E-state index contributed by atoms with van der Waals surface area (Å²) < 4.78 is 18.5. The Balaban J connectivity index is 1.60. The van der Waals surface area contributed by atoms with Gasteiger partial charge in [0.2, 0.25) is 0 Å². The molecule has 0 amide bonds. The minimum Gasteiger partial charge on any atom is -0.448 e. The smallest absolute Gasteiger partial charge is 0.293 e. The van der Waals surface area contributed by atoms with Gasteiger partial charge in [0.05, 0.1) is 17.4 Å². The number of epoxide rings is 1. The van der Waals surface area contributed by atoms with Crippen molar-refractivity contribution in [2.75, 3.05) is 0 Å². The molecule has 2 unspecified atom stereocenters. The Morgan fingerprint density at radius 1 is 1.07 bits per heavy atom. The highest BCUT2D eigenvalue weighted by Crippen LogP contribution is 2.62. The van der Waals surface area contributed by atoms with Crippen molar-refractivity contribution in [2.24, 2.45) is 11.3 Å². The molecule has 1 spiro atoms. The maximum atomic E-state index is 13.2. The third-order valence-electron chi connectivity index (χ3n) is 6.78. The molecular weight excluding hydrogens is 348 g/mol. The van der Waals surface area contributed by atoms with Crippen molar-refractivity contribution >= 4 is 22.3 Å². The maximum absolute atomic E-state index is 13.2. The number of rotatable bonds is 0. The van der Waals surface area contributed by atoms with E-state index in [0.717, 1.165) is 10.8 Å². The van der Waals surface area contributed by atoms with Crippen LogP contribution in [0.25, 0.3) is 10.8 Å². The SMILES string of the molecule is C[C@@]12C(=O)CC[C@H](O)C1C(=O)C1O[C@H]1C21Oc2cccc3cccc(c23)O1. The van der Waals surface area contributed by atoms with Gasteiger partial charge in [-0.05, 0) is 30.9 Å². The summed E-state index contributed by atoms with van der Waals surface area (Å²) in [4.78, 5) is 26.0. The summed E-state index contributed by atoms with van der Waals surface area (Å²) >= 11 is 0. The molecule has 0 aromatic heterocycles. The second kappa shape index (κ2) is 4.69. The topological polar surface area (TPSA) is 85.4 Å². The molecule has 2 saturated carbocycles. The van der Waals surface area contributed by atoms with Gasteiger partial charge in [0.1, 0.15) is 22.7 Å². The fourth-order valence-electron chi connectivity index (χ4n) is 5.36. The molecule has 6 nitrogen and oxygen atoms in total. The molecule has 138 valence electrons. The second-order valence-electron chi connectivity index (χ2n) is 8.07. The lowest BCUT2D eigenvalue weighted by Crippen LogP contribution is -2.73. The summed E-state index contributed by atoms with van der Waals surface area (Å²) in [5.41, 5.74) is -1.32. The zero-order chi connectivity index (χ0) is 18.6. The molecular formula is C21H18O6. The van der Waals surface area contributed by atoms with Gasteiger partial charge in [-0.3, -0.25) is 9.59 Å². The van der Waals surface area contributed by atoms with Crippen LogP contribution in [0.1, 0.15) is 19.8 Å². The predicted molar refractivity (Wildman–Crippen MR) is 93.4 cm³/mol. The molecule has 0 radical (unpaired) electrons. The van der Waals surface area contributed by atoms with Gasteiger partial charge >= 0.3 is 0 Å².